The van der Waals surface area contributed by atoms with E-state index in [1.807, 2.05) is 0 Å². The van der Waals surface area contributed by atoms with Crippen molar-refractivity contribution in [1.29, 1.82) is 0 Å². The Morgan fingerprint density at radius 2 is 0.973 bits per heavy atom. The van der Waals surface area contributed by atoms with Crippen LogP contribution in [0.25, 0.3) is 10.8 Å². The van der Waals surface area contributed by atoms with Crippen LogP contribution in [0, 0.1) is 0 Å². The zero-order valence-corrected chi connectivity index (χ0v) is 24.6. The molecule has 0 fully saturated rings. The molecule has 0 aromatic heterocycles. The van der Waals surface area contributed by atoms with Crippen LogP contribution in [0.5, 0.6) is 0 Å². The lowest BCUT2D eigenvalue weighted by Gasteiger charge is -2.10. The van der Waals surface area contributed by atoms with Gasteiger partial charge in [-0.2, -0.15) is 0 Å². The molecule has 0 saturated carbocycles. The Kier molecular flexibility index (Phi) is 15.6. The number of fused-ring (bicyclic) bond motifs is 1. The molecule has 1 atom stereocenters. The summed E-state index contributed by atoms with van der Waals surface area (Å²) in [5.41, 5.74) is 1.48. The average molecular weight is 518 g/mol. The lowest BCUT2D eigenvalue weighted by atomic mass is 10.0. The minimum Gasteiger partial charge on any atom is -0.0654 e. The Labute approximate surface area is 232 Å². The Hall–Kier alpha value is -1.73. The highest BCUT2D eigenvalue weighted by molar-refractivity contribution is 7.96. The van der Waals surface area contributed by atoms with Crippen LogP contribution >= 0.6 is 0 Å². The van der Waals surface area contributed by atoms with Gasteiger partial charge in [-0.05, 0) is 41.3 Å². The summed E-state index contributed by atoms with van der Waals surface area (Å²) in [7, 11) is 0.338. The van der Waals surface area contributed by atoms with Crippen molar-refractivity contribution in [3.8, 4) is 0 Å². The fraction of sp³-hybridized carbons (Fsp3) is 0.556. The minimum absolute atomic E-state index is 0.338. The van der Waals surface area contributed by atoms with E-state index in [0.29, 0.717) is 10.9 Å². The van der Waals surface area contributed by atoms with Crippen LogP contribution in [0.15, 0.2) is 77.7 Å². The Bertz CT molecular complexity index is 947. The highest BCUT2D eigenvalue weighted by Gasteiger charge is 2.21. The molecular formula is C36H53S+. The molecule has 0 N–H and O–H groups in total. The van der Waals surface area contributed by atoms with Crippen LogP contribution in [-0.2, 0) is 17.3 Å². The van der Waals surface area contributed by atoms with Gasteiger partial charge >= 0.3 is 0 Å². The molecule has 3 rings (SSSR count). The molecule has 0 saturated heterocycles. The lowest BCUT2D eigenvalue weighted by molar-refractivity contribution is 0.531. The molecule has 1 unspecified atom stereocenters. The first-order valence-corrected chi connectivity index (χ1v) is 17.1. The average Bonchev–Trinajstić information content (AvgIpc) is 2.94. The van der Waals surface area contributed by atoms with Gasteiger partial charge in [0.1, 0.15) is 11.5 Å². The van der Waals surface area contributed by atoms with E-state index in [1.54, 1.807) is 4.90 Å². The lowest BCUT2D eigenvalue weighted by Crippen LogP contribution is -2.15. The maximum Gasteiger partial charge on any atom is 0.155 e. The molecule has 0 aliphatic rings. The highest BCUT2D eigenvalue weighted by Crippen LogP contribution is 2.24. The number of unbranched alkanes of at least 4 members (excludes halogenated alkanes) is 15. The molecule has 0 nitrogen and oxygen atoms in total. The van der Waals surface area contributed by atoms with Gasteiger partial charge < -0.3 is 0 Å². The number of aryl methyl sites for hydroxylation is 1. The smallest absolute Gasteiger partial charge is 0.0654 e. The molecule has 0 heterocycles. The van der Waals surface area contributed by atoms with E-state index < -0.39 is 0 Å². The van der Waals surface area contributed by atoms with Crippen molar-refractivity contribution in [1.82, 2.24) is 0 Å². The first kappa shape index (κ1) is 29.8. The minimum atomic E-state index is 0.338. The molecule has 0 amide bonds. The fourth-order valence-corrected chi connectivity index (χ4v) is 7.66. The number of hydrogen-bond donors (Lipinski definition) is 0. The van der Waals surface area contributed by atoms with E-state index in [9.17, 15) is 0 Å². The molecule has 0 radical (unpaired) electrons. The largest absolute Gasteiger partial charge is 0.155 e. The normalized spacial score (nSPS) is 12.2. The maximum absolute atomic E-state index is 2.47. The summed E-state index contributed by atoms with van der Waals surface area (Å²) >= 11 is 0. The van der Waals surface area contributed by atoms with E-state index >= 15 is 0 Å². The third-order valence-corrected chi connectivity index (χ3v) is 10.2. The topological polar surface area (TPSA) is 0 Å². The van der Waals surface area contributed by atoms with E-state index in [-0.39, 0.29) is 0 Å². The molecule has 202 valence electrons. The summed E-state index contributed by atoms with van der Waals surface area (Å²) in [6.07, 6.45) is 24.2. The van der Waals surface area contributed by atoms with Crippen molar-refractivity contribution in [2.24, 2.45) is 0 Å². The van der Waals surface area contributed by atoms with E-state index in [2.05, 4.69) is 79.7 Å². The third kappa shape index (κ3) is 12.6. The Balaban J connectivity index is 1.29. The van der Waals surface area contributed by atoms with Crippen molar-refractivity contribution in [3.05, 3.63) is 78.4 Å². The van der Waals surface area contributed by atoms with Gasteiger partial charge in [0.05, 0.1) is 0 Å². The molecule has 3 aromatic carbocycles. The van der Waals surface area contributed by atoms with Crippen molar-refractivity contribution in [3.63, 3.8) is 0 Å². The molecule has 37 heavy (non-hydrogen) atoms. The summed E-state index contributed by atoms with van der Waals surface area (Å²) < 4.78 is 0. The third-order valence-electron chi connectivity index (χ3n) is 7.78. The number of rotatable bonds is 21. The summed E-state index contributed by atoms with van der Waals surface area (Å²) in [6.45, 7) is 2.30. The van der Waals surface area contributed by atoms with Gasteiger partial charge in [-0.1, -0.05) is 151 Å². The molecule has 0 bridgehead atoms. The summed E-state index contributed by atoms with van der Waals surface area (Å²) in [5, 5.41) is 2.75. The summed E-state index contributed by atoms with van der Waals surface area (Å²) in [5.74, 6) is 2.63. The Morgan fingerprint density at radius 1 is 0.459 bits per heavy atom. The molecule has 0 aliphatic carbocycles. The Morgan fingerprint density at radius 3 is 1.57 bits per heavy atom. The van der Waals surface area contributed by atoms with Crippen molar-refractivity contribution in [2.45, 2.75) is 121 Å². The van der Waals surface area contributed by atoms with Crippen LogP contribution in [0.4, 0.5) is 0 Å². The molecule has 1 heteroatoms. The van der Waals surface area contributed by atoms with Crippen molar-refractivity contribution < 1.29 is 0 Å². The fourth-order valence-electron chi connectivity index (χ4n) is 5.39. The monoisotopic (exact) mass is 517 g/mol. The highest BCUT2D eigenvalue weighted by atomic mass is 32.2. The van der Waals surface area contributed by atoms with Gasteiger partial charge in [0.15, 0.2) is 4.90 Å². The predicted octanol–water partition coefficient (Wildman–Crippen LogP) is 11.3. The maximum atomic E-state index is 2.47. The van der Waals surface area contributed by atoms with Crippen LogP contribution < -0.4 is 0 Å². The van der Waals surface area contributed by atoms with Crippen molar-refractivity contribution in [2.75, 3.05) is 11.5 Å². The molecule has 0 aliphatic heterocycles. The zero-order chi connectivity index (χ0) is 25.8. The standard InChI is InChI=1S/C36H53S/c1-2-3-4-5-6-7-8-9-10-11-12-13-14-15-16-22-30-37(31-29-33-23-18-17-19-24-33)36-28-27-34-25-20-21-26-35(34)32-36/h17-21,23-28,32H,2-16,22,29-31H2,1H3/q+1. The first-order valence-electron chi connectivity index (χ1n) is 15.6. The molecule has 0 spiro atoms. The number of benzene rings is 3. The van der Waals surface area contributed by atoms with E-state index in [1.165, 1.54) is 137 Å². The van der Waals surface area contributed by atoms with Gasteiger partial charge in [0.25, 0.3) is 0 Å². The van der Waals surface area contributed by atoms with Crippen LogP contribution in [-0.4, -0.2) is 11.5 Å². The molecule has 3 aromatic rings. The predicted molar refractivity (Wildman–Crippen MR) is 169 cm³/mol. The van der Waals surface area contributed by atoms with E-state index in [0.717, 1.165) is 0 Å². The summed E-state index contributed by atoms with van der Waals surface area (Å²) in [4.78, 5) is 1.57. The first-order chi connectivity index (χ1) is 18.4. The van der Waals surface area contributed by atoms with Gasteiger partial charge in [-0.25, -0.2) is 0 Å². The molecular weight excluding hydrogens is 464 g/mol. The van der Waals surface area contributed by atoms with Gasteiger partial charge in [0.2, 0.25) is 0 Å². The van der Waals surface area contributed by atoms with Crippen molar-refractivity contribution >= 4 is 21.7 Å². The quantitative estimate of drug-likeness (QED) is 0.0973. The van der Waals surface area contributed by atoms with Gasteiger partial charge in [-0.3, -0.25) is 0 Å². The second-order valence-electron chi connectivity index (χ2n) is 10.9. The van der Waals surface area contributed by atoms with Gasteiger partial charge in [-0.15, -0.1) is 0 Å². The van der Waals surface area contributed by atoms with Crippen LogP contribution in [0.3, 0.4) is 0 Å². The van der Waals surface area contributed by atoms with Crippen LogP contribution in [0.1, 0.15) is 115 Å². The second-order valence-corrected chi connectivity index (χ2v) is 13.2. The zero-order valence-electron chi connectivity index (χ0n) is 23.8. The second kappa shape index (κ2) is 19.4. The van der Waals surface area contributed by atoms with Gasteiger partial charge in [0, 0.05) is 23.4 Å². The number of hydrogen-bond acceptors (Lipinski definition) is 0. The SMILES string of the molecule is CCCCCCCCCCCCCCCCCC[S+](CCc1ccccc1)c1ccc2ccccc2c1. The van der Waals surface area contributed by atoms with Crippen LogP contribution in [0.2, 0.25) is 0 Å². The summed E-state index contributed by atoms with van der Waals surface area (Å²) in [6, 6.07) is 27.1. The van der Waals surface area contributed by atoms with E-state index in [4.69, 9.17) is 0 Å².